The number of likely N-dealkylation sites (N-methyl/N-ethyl adjacent to an activating group) is 2. The molecule has 2 aromatic rings. The van der Waals surface area contributed by atoms with Gasteiger partial charge in [0.1, 0.15) is 11.5 Å². The van der Waals surface area contributed by atoms with Gasteiger partial charge >= 0.3 is 0 Å². The minimum atomic E-state index is -0.0391. The van der Waals surface area contributed by atoms with Crippen molar-refractivity contribution in [3.8, 4) is 11.5 Å². The third-order valence-electron chi connectivity index (χ3n) is 5.38. The Labute approximate surface area is 179 Å². The number of hydrogen-bond acceptors (Lipinski definition) is 6. The molecule has 30 heavy (non-hydrogen) atoms. The summed E-state index contributed by atoms with van der Waals surface area (Å²) in [7, 11) is 7.62. The van der Waals surface area contributed by atoms with Crippen LogP contribution in [0.25, 0.3) is 0 Å². The summed E-state index contributed by atoms with van der Waals surface area (Å²) in [5, 5.41) is 3.19. The molecule has 1 saturated heterocycles. The van der Waals surface area contributed by atoms with E-state index in [0.717, 1.165) is 31.9 Å². The van der Waals surface area contributed by atoms with Crippen molar-refractivity contribution in [2.75, 3.05) is 54.4 Å². The van der Waals surface area contributed by atoms with Crippen molar-refractivity contribution in [1.29, 1.82) is 0 Å². The second kappa shape index (κ2) is 10.5. The van der Waals surface area contributed by atoms with Gasteiger partial charge in [0.05, 0.1) is 0 Å². The van der Waals surface area contributed by atoms with E-state index in [1.54, 1.807) is 31.1 Å². The molecule has 1 amide bonds. The Balaban J connectivity index is 1.63. The lowest BCUT2D eigenvalue weighted by molar-refractivity contribution is 0.0827. The quantitative estimate of drug-likeness (QED) is 0.586. The maximum Gasteiger partial charge on any atom is 0.253 e. The van der Waals surface area contributed by atoms with E-state index in [1.807, 2.05) is 31.3 Å². The van der Waals surface area contributed by atoms with Crippen LogP contribution in [0, 0.1) is 0 Å². The van der Waals surface area contributed by atoms with E-state index < -0.39 is 0 Å². The molecule has 1 fully saturated rings. The van der Waals surface area contributed by atoms with Gasteiger partial charge in [0.2, 0.25) is 0 Å². The number of hydrazine groups is 1. The van der Waals surface area contributed by atoms with Gasteiger partial charge in [-0.05, 0) is 50.0 Å². The second-order valence-electron chi connectivity index (χ2n) is 8.00. The highest BCUT2D eigenvalue weighted by Gasteiger charge is 2.29. The van der Waals surface area contributed by atoms with Crippen LogP contribution in [-0.4, -0.2) is 76.1 Å². The number of hydrogen-bond donors (Lipinski definition) is 3. The van der Waals surface area contributed by atoms with Crippen molar-refractivity contribution in [1.82, 2.24) is 26.0 Å². The molecule has 0 radical (unpaired) electrons. The van der Waals surface area contributed by atoms with Crippen LogP contribution < -0.4 is 20.9 Å². The van der Waals surface area contributed by atoms with Crippen molar-refractivity contribution < 1.29 is 9.53 Å². The first kappa shape index (κ1) is 22.2. The van der Waals surface area contributed by atoms with Crippen molar-refractivity contribution in [3.05, 3.63) is 59.7 Å². The van der Waals surface area contributed by atoms with Crippen LogP contribution >= 0.6 is 0 Å². The molecule has 0 bridgehead atoms. The Kier molecular flexibility index (Phi) is 7.81. The molecule has 3 rings (SSSR count). The highest BCUT2D eigenvalue weighted by molar-refractivity contribution is 5.94. The molecule has 0 saturated carbocycles. The fraction of sp³-hybridized carbons (Fsp3) is 0.435. The Morgan fingerprint density at radius 1 is 1.13 bits per heavy atom. The summed E-state index contributed by atoms with van der Waals surface area (Å²) < 4.78 is 5.99. The molecule has 2 aromatic carbocycles. The summed E-state index contributed by atoms with van der Waals surface area (Å²) in [4.78, 5) is 16.1. The lowest BCUT2D eigenvalue weighted by atomic mass is 9.93. The van der Waals surface area contributed by atoms with Crippen LogP contribution in [-0.2, 0) is 0 Å². The Morgan fingerprint density at radius 3 is 2.60 bits per heavy atom. The van der Waals surface area contributed by atoms with Gasteiger partial charge in [0.15, 0.2) is 0 Å². The number of carbonyl (C=O) groups is 1. The van der Waals surface area contributed by atoms with Gasteiger partial charge in [-0.3, -0.25) is 15.6 Å². The van der Waals surface area contributed by atoms with Gasteiger partial charge in [0.25, 0.3) is 5.91 Å². The number of amides is 1. The van der Waals surface area contributed by atoms with E-state index in [1.165, 1.54) is 5.56 Å². The van der Waals surface area contributed by atoms with E-state index in [0.29, 0.717) is 23.3 Å². The van der Waals surface area contributed by atoms with E-state index in [9.17, 15) is 4.79 Å². The first-order valence-electron chi connectivity index (χ1n) is 10.4. The first-order valence-corrected chi connectivity index (χ1v) is 10.4. The average molecular weight is 412 g/mol. The smallest absolute Gasteiger partial charge is 0.253 e. The van der Waals surface area contributed by atoms with Crippen LogP contribution in [0.3, 0.4) is 0 Å². The minimum absolute atomic E-state index is 0.0391. The van der Waals surface area contributed by atoms with Crippen LogP contribution in [0.15, 0.2) is 48.5 Å². The summed E-state index contributed by atoms with van der Waals surface area (Å²) in [5.41, 5.74) is 8.61. The standard InChI is InChI=1S/C23H33N5O2/c1-24-12-13-28(4)16-22-21(15-25-26-22)17-8-10-19(11-9-17)30-20-7-5-6-18(14-20)23(29)27(2)3/h5-11,14,21-22,24-26H,12-13,15-16H2,1-4H3. The lowest BCUT2D eigenvalue weighted by Gasteiger charge is -2.25. The number of rotatable bonds is 9. The number of nitrogens with one attached hydrogen (secondary N) is 3. The molecular formula is C23H33N5O2. The Bertz CT molecular complexity index is 825. The minimum Gasteiger partial charge on any atom is -0.457 e. The van der Waals surface area contributed by atoms with Gasteiger partial charge in [-0.15, -0.1) is 0 Å². The van der Waals surface area contributed by atoms with E-state index in [2.05, 4.69) is 40.2 Å². The van der Waals surface area contributed by atoms with Crippen molar-refractivity contribution in [3.63, 3.8) is 0 Å². The number of benzene rings is 2. The topological polar surface area (TPSA) is 68.9 Å². The van der Waals surface area contributed by atoms with E-state index >= 15 is 0 Å². The molecule has 0 aliphatic carbocycles. The molecule has 3 N–H and O–H groups in total. The normalized spacial score (nSPS) is 18.6. The summed E-state index contributed by atoms with van der Waals surface area (Å²) in [6.45, 7) is 3.88. The van der Waals surface area contributed by atoms with E-state index in [4.69, 9.17) is 4.74 Å². The van der Waals surface area contributed by atoms with Crippen molar-refractivity contribution in [2.45, 2.75) is 12.0 Å². The van der Waals surface area contributed by atoms with Crippen LogP contribution in [0.4, 0.5) is 0 Å². The summed E-state index contributed by atoms with van der Waals surface area (Å²) in [6, 6.07) is 15.9. The molecular weight excluding hydrogens is 378 g/mol. The van der Waals surface area contributed by atoms with E-state index in [-0.39, 0.29) is 5.91 Å². The molecule has 1 heterocycles. The molecule has 2 atom stereocenters. The molecule has 2 unspecified atom stereocenters. The number of ether oxygens (including phenoxy) is 1. The third kappa shape index (κ3) is 5.79. The summed E-state index contributed by atoms with van der Waals surface area (Å²) in [5.74, 6) is 1.78. The molecule has 1 aliphatic rings. The maximum absolute atomic E-state index is 12.2. The predicted octanol–water partition coefficient (Wildman–Crippen LogP) is 1.89. The predicted molar refractivity (Wildman–Crippen MR) is 120 cm³/mol. The maximum atomic E-state index is 12.2. The van der Waals surface area contributed by atoms with Gasteiger partial charge in [-0.25, -0.2) is 0 Å². The summed E-state index contributed by atoms with van der Waals surface area (Å²) in [6.07, 6.45) is 0. The van der Waals surface area contributed by atoms with Crippen LogP contribution in [0.1, 0.15) is 21.8 Å². The van der Waals surface area contributed by atoms with Gasteiger partial charge in [0, 0.05) is 57.8 Å². The fourth-order valence-electron chi connectivity index (χ4n) is 3.67. The van der Waals surface area contributed by atoms with Gasteiger partial charge in [-0.1, -0.05) is 18.2 Å². The molecule has 0 spiro atoms. The van der Waals surface area contributed by atoms with Crippen molar-refractivity contribution in [2.24, 2.45) is 0 Å². The Hall–Kier alpha value is -2.45. The zero-order valence-corrected chi connectivity index (χ0v) is 18.3. The zero-order chi connectivity index (χ0) is 21.5. The molecule has 7 nitrogen and oxygen atoms in total. The molecule has 0 aromatic heterocycles. The Morgan fingerprint density at radius 2 is 1.90 bits per heavy atom. The molecule has 1 aliphatic heterocycles. The average Bonchev–Trinajstić information content (AvgIpc) is 3.20. The first-order chi connectivity index (χ1) is 14.5. The zero-order valence-electron chi connectivity index (χ0n) is 18.3. The lowest BCUT2D eigenvalue weighted by Crippen LogP contribution is -2.42. The van der Waals surface area contributed by atoms with Crippen LogP contribution in [0.5, 0.6) is 11.5 Å². The monoisotopic (exact) mass is 411 g/mol. The number of carbonyl (C=O) groups excluding carboxylic acids is 1. The molecule has 162 valence electrons. The number of nitrogens with zero attached hydrogens (tertiary/aromatic N) is 2. The van der Waals surface area contributed by atoms with Crippen LogP contribution in [0.2, 0.25) is 0 Å². The second-order valence-corrected chi connectivity index (χ2v) is 8.00. The van der Waals surface area contributed by atoms with Gasteiger partial charge < -0.3 is 19.9 Å². The van der Waals surface area contributed by atoms with Gasteiger partial charge in [-0.2, -0.15) is 0 Å². The fourth-order valence-corrected chi connectivity index (χ4v) is 3.67. The highest BCUT2D eigenvalue weighted by Crippen LogP contribution is 2.27. The van der Waals surface area contributed by atoms with Crippen molar-refractivity contribution >= 4 is 5.91 Å². The largest absolute Gasteiger partial charge is 0.457 e. The SMILES string of the molecule is CNCCN(C)CC1NNCC1c1ccc(Oc2cccc(C(=O)N(C)C)c2)cc1. The highest BCUT2D eigenvalue weighted by atomic mass is 16.5. The summed E-state index contributed by atoms with van der Waals surface area (Å²) >= 11 is 0. The molecule has 7 heteroatoms. The third-order valence-corrected chi connectivity index (χ3v) is 5.38.